The van der Waals surface area contributed by atoms with Crippen molar-refractivity contribution in [3.05, 3.63) is 53.5 Å². The number of H-pyrrole nitrogens is 1. The number of aromatic amines is 1. The molecule has 0 aromatic carbocycles. The summed E-state index contributed by atoms with van der Waals surface area (Å²) in [6.07, 6.45) is 11.0. The van der Waals surface area contributed by atoms with Gasteiger partial charge in [0.2, 0.25) is 11.7 Å². The Morgan fingerprint density at radius 3 is 3.00 bits per heavy atom. The summed E-state index contributed by atoms with van der Waals surface area (Å²) in [6, 6.07) is 0. The third kappa shape index (κ3) is 2.45. The molecule has 0 aliphatic rings. The van der Waals surface area contributed by atoms with Gasteiger partial charge in [0.05, 0.1) is 18.0 Å². The van der Waals surface area contributed by atoms with Crippen molar-refractivity contribution in [1.82, 2.24) is 38.7 Å². The Hall–Kier alpha value is -3.69. The van der Waals surface area contributed by atoms with Gasteiger partial charge in [-0.3, -0.25) is 18.4 Å². The van der Waals surface area contributed by atoms with E-state index in [0.29, 0.717) is 41.7 Å². The first-order chi connectivity index (χ1) is 13.2. The highest BCUT2D eigenvalue weighted by molar-refractivity contribution is 5.77. The molecule has 0 amide bonds. The lowest BCUT2D eigenvalue weighted by Gasteiger charge is -2.05. The second-order valence-corrected chi connectivity index (χ2v) is 6.19. The quantitative estimate of drug-likeness (QED) is 0.508. The van der Waals surface area contributed by atoms with E-state index in [-0.39, 0.29) is 5.56 Å². The Labute approximate surface area is 152 Å². The van der Waals surface area contributed by atoms with Crippen molar-refractivity contribution in [3.63, 3.8) is 0 Å². The van der Waals surface area contributed by atoms with Crippen molar-refractivity contribution in [2.45, 2.75) is 26.4 Å². The van der Waals surface area contributed by atoms with Gasteiger partial charge >= 0.3 is 0 Å². The van der Waals surface area contributed by atoms with Crippen LogP contribution in [0.25, 0.3) is 28.3 Å². The molecule has 0 aliphatic heterocycles. The van der Waals surface area contributed by atoms with Crippen LogP contribution in [0, 0.1) is 0 Å². The first kappa shape index (κ1) is 15.6. The summed E-state index contributed by atoms with van der Waals surface area (Å²) < 4.78 is 10.4. The molecule has 0 atom stereocenters. The Kier molecular flexibility index (Phi) is 3.42. The normalized spacial score (nSPS) is 11.7. The van der Waals surface area contributed by atoms with Crippen molar-refractivity contribution in [2.75, 3.05) is 0 Å². The number of aryl methyl sites for hydroxylation is 1. The third-order valence-corrected chi connectivity index (χ3v) is 4.37. The van der Waals surface area contributed by atoms with Gasteiger partial charge in [-0.25, -0.2) is 15.0 Å². The number of fused-ring (bicyclic) bond motifs is 3. The smallest absolute Gasteiger partial charge is 0.280 e. The van der Waals surface area contributed by atoms with Crippen LogP contribution in [0.3, 0.4) is 0 Å². The van der Waals surface area contributed by atoms with Gasteiger partial charge < -0.3 is 9.40 Å². The van der Waals surface area contributed by atoms with Gasteiger partial charge in [0, 0.05) is 25.1 Å². The maximum absolute atomic E-state index is 12.9. The van der Waals surface area contributed by atoms with Gasteiger partial charge in [-0.05, 0) is 6.42 Å². The number of oxazole rings is 1. The predicted molar refractivity (Wildman–Crippen MR) is 96.2 cm³/mol. The Morgan fingerprint density at radius 2 is 2.19 bits per heavy atom. The van der Waals surface area contributed by atoms with Gasteiger partial charge in [-0.2, -0.15) is 5.10 Å². The SMILES string of the molecule is CCCn1c(=O)c2[nH]c(-c3cnn(Cc4ncco4)c3)nc2n2ccnc12. The first-order valence-corrected chi connectivity index (χ1v) is 8.61. The molecule has 1 N–H and O–H groups in total. The number of nitrogens with one attached hydrogen (secondary N) is 1. The molecule has 27 heavy (non-hydrogen) atoms. The molecule has 10 nitrogen and oxygen atoms in total. The molecule has 5 heterocycles. The minimum Gasteiger partial charge on any atom is -0.447 e. The molecule has 5 aromatic heterocycles. The van der Waals surface area contributed by atoms with Crippen molar-refractivity contribution < 1.29 is 4.42 Å². The zero-order valence-electron chi connectivity index (χ0n) is 14.5. The number of aromatic nitrogens is 8. The average Bonchev–Trinajstić information content (AvgIpc) is 3.44. The van der Waals surface area contributed by atoms with Crippen molar-refractivity contribution in [2.24, 2.45) is 0 Å². The van der Waals surface area contributed by atoms with Crippen LogP contribution in [-0.2, 0) is 13.1 Å². The Morgan fingerprint density at radius 1 is 1.26 bits per heavy atom. The molecule has 0 bridgehead atoms. The first-order valence-electron chi connectivity index (χ1n) is 8.61. The fourth-order valence-corrected chi connectivity index (χ4v) is 3.18. The van der Waals surface area contributed by atoms with Gasteiger partial charge in [-0.15, -0.1) is 0 Å². The van der Waals surface area contributed by atoms with E-state index in [9.17, 15) is 4.79 Å². The molecule has 5 rings (SSSR count). The summed E-state index contributed by atoms with van der Waals surface area (Å²) in [6.45, 7) is 3.04. The van der Waals surface area contributed by atoms with E-state index >= 15 is 0 Å². The van der Waals surface area contributed by atoms with E-state index in [4.69, 9.17) is 4.42 Å². The molecule has 136 valence electrons. The van der Waals surface area contributed by atoms with E-state index in [0.717, 1.165) is 12.0 Å². The molecule has 0 saturated heterocycles. The molecule has 0 radical (unpaired) electrons. The number of hydrogen-bond acceptors (Lipinski definition) is 6. The minimum atomic E-state index is -0.128. The molecular formula is C17H16N8O2. The molecule has 10 heteroatoms. The maximum atomic E-state index is 12.9. The average molecular weight is 364 g/mol. The van der Waals surface area contributed by atoms with Crippen molar-refractivity contribution in [3.8, 4) is 11.4 Å². The largest absolute Gasteiger partial charge is 0.447 e. The molecule has 0 fully saturated rings. The van der Waals surface area contributed by atoms with Crippen LogP contribution in [0.4, 0.5) is 0 Å². The lowest BCUT2D eigenvalue weighted by molar-refractivity contribution is 0.465. The van der Waals surface area contributed by atoms with Crippen molar-refractivity contribution in [1.29, 1.82) is 0 Å². The van der Waals surface area contributed by atoms with E-state index in [1.807, 2.05) is 17.5 Å². The number of nitrogens with zero attached hydrogens (tertiary/aromatic N) is 7. The van der Waals surface area contributed by atoms with Crippen molar-refractivity contribution >= 4 is 16.9 Å². The van der Waals surface area contributed by atoms with E-state index in [2.05, 4.69) is 25.0 Å². The van der Waals surface area contributed by atoms with Crippen LogP contribution >= 0.6 is 0 Å². The highest BCUT2D eigenvalue weighted by atomic mass is 16.3. The van der Waals surface area contributed by atoms with Gasteiger partial charge in [0.1, 0.15) is 18.6 Å². The molecule has 5 aromatic rings. The van der Waals surface area contributed by atoms with Crippen LogP contribution in [-0.4, -0.2) is 38.7 Å². The van der Waals surface area contributed by atoms with Gasteiger partial charge in [-0.1, -0.05) is 6.92 Å². The summed E-state index contributed by atoms with van der Waals surface area (Å²) in [5.74, 6) is 1.73. The molecule has 0 saturated carbocycles. The number of rotatable bonds is 5. The van der Waals surface area contributed by atoms with Crippen LogP contribution in [0.2, 0.25) is 0 Å². The van der Waals surface area contributed by atoms with Crippen LogP contribution in [0.5, 0.6) is 0 Å². The summed E-state index contributed by atoms with van der Waals surface area (Å²) in [5.41, 5.74) is 1.64. The second kappa shape index (κ2) is 5.94. The summed E-state index contributed by atoms with van der Waals surface area (Å²) in [7, 11) is 0. The number of hydrogen-bond donors (Lipinski definition) is 1. The van der Waals surface area contributed by atoms with E-state index < -0.39 is 0 Å². The standard InChI is InChI=1S/C17H16N8O2/c1-2-5-25-16(26)13-15(24-6-3-19-17(24)25)22-14(21-13)11-8-20-23(9-11)10-12-18-4-7-27-12/h3-4,6-9H,2,5,10H2,1H3,(H,21,22). The third-order valence-electron chi connectivity index (χ3n) is 4.37. The summed E-state index contributed by atoms with van der Waals surface area (Å²) in [4.78, 5) is 29.1. The Bertz CT molecular complexity index is 1290. The predicted octanol–water partition coefficient (Wildman–Crippen LogP) is 1.68. The summed E-state index contributed by atoms with van der Waals surface area (Å²) in [5, 5.41) is 4.31. The highest BCUT2D eigenvalue weighted by Gasteiger charge is 2.17. The minimum absolute atomic E-state index is 0.128. The second-order valence-electron chi connectivity index (χ2n) is 6.19. The zero-order valence-corrected chi connectivity index (χ0v) is 14.5. The maximum Gasteiger partial charge on any atom is 0.280 e. The number of imidazole rings is 2. The van der Waals surface area contributed by atoms with Gasteiger partial charge in [0.15, 0.2) is 11.2 Å². The lowest BCUT2D eigenvalue weighted by Crippen LogP contribution is -2.23. The van der Waals surface area contributed by atoms with Crippen LogP contribution in [0.1, 0.15) is 19.2 Å². The fraction of sp³-hybridized carbons (Fsp3) is 0.235. The van der Waals surface area contributed by atoms with E-state index in [1.165, 1.54) is 6.26 Å². The topological polar surface area (TPSA) is 112 Å². The molecule has 0 spiro atoms. The monoisotopic (exact) mass is 364 g/mol. The van der Waals surface area contributed by atoms with Gasteiger partial charge in [0.25, 0.3) is 5.56 Å². The molecule has 0 unspecified atom stereocenters. The highest BCUT2D eigenvalue weighted by Crippen LogP contribution is 2.19. The van der Waals surface area contributed by atoms with Crippen LogP contribution < -0.4 is 5.56 Å². The summed E-state index contributed by atoms with van der Waals surface area (Å²) >= 11 is 0. The molecular weight excluding hydrogens is 348 g/mol. The van der Waals surface area contributed by atoms with Crippen LogP contribution in [0.15, 0.2) is 46.5 Å². The zero-order chi connectivity index (χ0) is 18.4. The lowest BCUT2D eigenvalue weighted by atomic mass is 10.3. The fourth-order valence-electron chi connectivity index (χ4n) is 3.18. The molecule has 0 aliphatic carbocycles. The van der Waals surface area contributed by atoms with E-state index in [1.54, 1.807) is 34.0 Å². The Balaban J connectivity index is 1.62.